The number of amides is 1. The molecule has 1 fully saturated rings. The molecule has 1 aliphatic rings. The molecule has 0 spiro atoms. The SMILES string of the molecule is O=C(NCCOc1cccc(C(F)(F)F)c1)C1CCSCC1. The van der Waals surface area contributed by atoms with Gasteiger partial charge >= 0.3 is 6.18 Å². The topological polar surface area (TPSA) is 38.3 Å². The van der Waals surface area contributed by atoms with Gasteiger partial charge in [0.15, 0.2) is 0 Å². The molecule has 0 unspecified atom stereocenters. The Kier molecular flexibility index (Phi) is 5.99. The molecule has 0 aliphatic carbocycles. The molecule has 0 bridgehead atoms. The lowest BCUT2D eigenvalue weighted by atomic mass is 10.0. The van der Waals surface area contributed by atoms with Gasteiger partial charge < -0.3 is 10.1 Å². The predicted octanol–water partition coefficient (Wildman–Crippen LogP) is 3.34. The molecular formula is C15H18F3NO2S. The number of carbonyl (C=O) groups is 1. The summed E-state index contributed by atoms with van der Waals surface area (Å²) in [6.07, 6.45) is -2.62. The van der Waals surface area contributed by atoms with E-state index in [0.717, 1.165) is 36.5 Å². The van der Waals surface area contributed by atoms with E-state index < -0.39 is 11.7 Å². The lowest BCUT2D eigenvalue weighted by molar-refractivity contribution is -0.137. The number of benzene rings is 1. The molecule has 122 valence electrons. The third-order valence-electron chi connectivity index (χ3n) is 3.42. The second-order valence-electron chi connectivity index (χ2n) is 5.05. The van der Waals surface area contributed by atoms with Gasteiger partial charge in [0.2, 0.25) is 5.91 Å². The van der Waals surface area contributed by atoms with E-state index in [1.54, 1.807) is 0 Å². The zero-order valence-electron chi connectivity index (χ0n) is 12.0. The highest BCUT2D eigenvalue weighted by molar-refractivity contribution is 7.99. The smallest absolute Gasteiger partial charge is 0.416 e. The third kappa shape index (κ3) is 5.12. The van der Waals surface area contributed by atoms with Crippen molar-refractivity contribution in [3.63, 3.8) is 0 Å². The molecule has 1 aliphatic heterocycles. The Morgan fingerprint density at radius 3 is 2.73 bits per heavy atom. The molecule has 0 atom stereocenters. The van der Waals surface area contributed by atoms with Crippen molar-refractivity contribution in [1.82, 2.24) is 5.32 Å². The molecule has 1 aromatic carbocycles. The highest BCUT2D eigenvalue weighted by atomic mass is 32.2. The number of ether oxygens (including phenoxy) is 1. The highest BCUT2D eigenvalue weighted by Gasteiger charge is 2.30. The van der Waals surface area contributed by atoms with Gasteiger partial charge in [-0.25, -0.2) is 0 Å². The Balaban J connectivity index is 1.73. The molecule has 1 aromatic rings. The van der Waals surface area contributed by atoms with E-state index >= 15 is 0 Å². The summed E-state index contributed by atoms with van der Waals surface area (Å²) >= 11 is 1.85. The third-order valence-corrected chi connectivity index (χ3v) is 4.47. The number of alkyl halides is 3. The zero-order valence-corrected chi connectivity index (χ0v) is 12.8. The van der Waals surface area contributed by atoms with Crippen molar-refractivity contribution in [3.05, 3.63) is 29.8 Å². The first kappa shape index (κ1) is 17.0. The summed E-state index contributed by atoms with van der Waals surface area (Å²) in [5.41, 5.74) is -0.742. The fourth-order valence-electron chi connectivity index (χ4n) is 2.21. The molecule has 1 saturated heterocycles. The Hall–Kier alpha value is -1.37. The number of hydrogen-bond acceptors (Lipinski definition) is 3. The molecule has 1 heterocycles. The number of halogens is 3. The van der Waals surface area contributed by atoms with Gasteiger partial charge in [-0.2, -0.15) is 24.9 Å². The van der Waals surface area contributed by atoms with Crippen LogP contribution in [0.15, 0.2) is 24.3 Å². The number of hydrogen-bond donors (Lipinski definition) is 1. The Labute approximate surface area is 131 Å². The molecule has 0 radical (unpaired) electrons. The first-order chi connectivity index (χ1) is 10.5. The van der Waals surface area contributed by atoms with Crippen LogP contribution >= 0.6 is 11.8 Å². The number of nitrogens with one attached hydrogen (secondary N) is 1. The van der Waals surface area contributed by atoms with Crippen molar-refractivity contribution in [3.8, 4) is 5.75 Å². The van der Waals surface area contributed by atoms with Gasteiger partial charge in [0, 0.05) is 5.92 Å². The van der Waals surface area contributed by atoms with Gasteiger partial charge in [-0.05, 0) is 42.5 Å². The summed E-state index contributed by atoms with van der Waals surface area (Å²) in [5.74, 6) is 2.21. The van der Waals surface area contributed by atoms with Crippen LogP contribution in [0.1, 0.15) is 18.4 Å². The number of carbonyl (C=O) groups excluding carboxylic acids is 1. The summed E-state index contributed by atoms with van der Waals surface area (Å²) in [6.45, 7) is 0.438. The van der Waals surface area contributed by atoms with E-state index in [4.69, 9.17) is 4.74 Å². The van der Waals surface area contributed by atoms with Crippen LogP contribution in [0.4, 0.5) is 13.2 Å². The molecule has 7 heteroatoms. The van der Waals surface area contributed by atoms with Crippen LogP contribution in [0, 0.1) is 5.92 Å². The van der Waals surface area contributed by atoms with E-state index in [1.807, 2.05) is 11.8 Å². The quantitative estimate of drug-likeness (QED) is 0.840. The fourth-order valence-corrected chi connectivity index (χ4v) is 3.32. The summed E-state index contributed by atoms with van der Waals surface area (Å²) in [5, 5.41) is 2.77. The summed E-state index contributed by atoms with van der Waals surface area (Å²) in [7, 11) is 0. The van der Waals surface area contributed by atoms with Crippen molar-refractivity contribution >= 4 is 17.7 Å². The Morgan fingerprint density at radius 2 is 2.05 bits per heavy atom. The average molecular weight is 333 g/mol. The predicted molar refractivity (Wildman–Crippen MR) is 80.0 cm³/mol. The van der Waals surface area contributed by atoms with Crippen LogP contribution in [0.25, 0.3) is 0 Å². The molecule has 3 nitrogen and oxygen atoms in total. The van der Waals surface area contributed by atoms with Gasteiger partial charge in [0.25, 0.3) is 0 Å². The fraction of sp³-hybridized carbons (Fsp3) is 0.533. The maximum atomic E-state index is 12.6. The van der Waals surface area contributed by atoms with Crippen LogP contribution in [-0.4, -0.2) is 30.6 Å². The van der Waals surface area contributed by atoms with Crippen LogP contribution < -0.4 is 10.1 Å². The molecule has 1 N–H and O–H groups in total. The molecular weight excluding hydrogens is 315 g/mol. The minimum Gasteiger partial charge on any atom is -0.492 e. The average Bonchev–Trinajstić information content (AvgIpc) is 2.52. The van der Waals surface area contributed by atoms with E-state index in [-0.39, 0.29) is 24.2 Å². The Morgan fingerprint density at radius 1 is 1.32 bits per heavy atom. The van der Waals surface area contributed by atoms with Crippen molar-refractivity contribution < 1.29 is 22.7 Å². The Bertz CT molecular complexity index is 502. The lowest BCUT2D eigenvalue weighted by Crippen LogP contribution is -2.35. The molecule has 1 amide bonds. The van der Waals surface area contributed by atoms with Crippen LogP contribution in [0.5, 0.6) is 5.75 Å². The van der Waals surface area contributed by atoms with Crippen LogP contribution in [-0.2, 0) is 11.0 Å². The normalized spacial score (nSPS) is 16.3. The van der Waals surface area contributed by atoms with E-state index in [1.165, 1.54) is 12.1 Å². The van der Waals surface area contributed by atoms with E-state index in [9.17, 15) is 18.0 Å². The van der Waals surface area contributed by atoms with Crippen molar-refractivity contribution in [1.29, 1.82) is 0 Å². The molecule has 0 aromatic heterocycles. The maximum Gasteiger partial charge on any atom is 0.416 e. The van der Waals surface area contributed by atoms with Crippen molar-refractivity contribution in [2.24, 2.45) is 5.92 Å². The number of thioether (sulfide) groups is 1. The number of rotatable bonds is 5. The summed E-state index contributed by atoms with van der Waals surface area (Å²) in [4.78, 5) is 11.9. The van der Waals surface area contributed by atoms with Gasteiger partial charge in [0.1, 0.15) is 12.4 Å². The first-order valence-corrected chi connectivity index (χ1v) is 8.28. The van der Waals surface area contributed by atoms with E-state index in [2.05, 4.69) is 5.32 Å². The minimum absolute atomic E-state index is 0.00735. The van der Waals surface area contributed by atoms with Crippen LogP contribution in [0.2, 0.25) is 0 Å². The summed E-state index contributed by atoms with van der Waals surface area (Å²) < 4.78 is 42.9. The van der Waals surface area contributed by atoms with Gasteiger partial charge in [-0.1, -0.05) is 6.07 Å². The van der Waals surface area contributed by atoms with Gasteiger partial charge in [-0.3, -0.25) is 4.79 Å². The van der Waals surface area contributed by atoms with Gasteiger partial charge in [-0.15, -0.1) is 0 Å². The lowest BCUT2D eigenvalue weighted by Gasteiger charge is -2.20. The molecule has 0 saturated carbocycles. The molecule has 22 heavy (non-hydrogen) atoms. The zero-order chi connectivity index (χ0) is 16.0. The second kappa shape index (κ2) is 7.76. The van der Waals surface area contributed by atoms with Crippen molar-refractivity contribution in [2.45, 2.75) is 19.0 Å². The first-order valence-electron chi connectivity index (χ1n) is 7.12. The second-order valence-corrected chi connectivity index (χ2v) is 6.28. The van der Waals surface area contributed by atoms with Crippen LogP contribution in [0.3, 0.4) is 0 Å². The maximum absolute atomic E-state index is 12.6. The van der Waals surface area contributed by atoms with Crippen molar-refractivity contribution in [2.75, 3.05) is 24.7 Å². The standard InChI is InChI=1S/C15H18F3NO2S/c16-15(17,18)12-2-1-3-13(10-12)21-7-6-19-14(20)11-4-8-22-9-5-11/h1-3,10-11H,4-9H2,(H,19,20). The molecule has 2 rings (SSSR count). The highest BCUT2D eigenvalue weighted by Crippen LogP contribution is 2.31. The largest absolute Gasteiger partial charge is 0.492 e. The summed E-state index contributed by atoms with van der Waals surface area (Å²) in [6, 6.07) is 4.72. The minimum atomic E-state index is -4.38. The van der Waals surface area contributed by atoms with Gasteiger partial charge in [0.05, 0.1) is 12.1 Å². The monoisotopic (exact) mass is 333 g/mol. The van der Waals surface area contributed by atoms with E-state index in [0.29, 0.717) is 6.54 Å².